The van der Waals surface area contributed by atoms with Gasteiger partial charge in [-0.1, -0.05) is 17.2 Å². The molecule has 1 aliphatic heterocycles. The van der Waals surface area contributed by atoms with Gasteiger partial charge in [0.25, 0.3) is 0 Å². The van der Waals surface area contributed by atoms with Crippen LogP contribution in [0.4, 0.5) is 0 Å². The third-order valence-electron chi connectivity index (χ3n) is 4.17. The van der Waals surface area contributed by atoms with Gasteiger partial charge in [0.15, 0.2) is 11.6 Å². The summed E-state index contributed by atoms with van der Waals surface area (Å²) in [6.45, 7) is 10.9. The van der Waals surface area contributed by atoms with Crippen molar-refractivity contribution in [3.05, 3.63) is 29.2 Å². The fourth-order valence-electron chi connectivity index (χ4n) is 2.76. The zero-order valence-corrected chi connectivity index (χ0v) is 13.4. The van der Waals surface area contributed by atoms with E-state index in [1.54, 1.807) is 0 Å². The number of nitrogens with zero attached hydrogens (tertiary/aromatic N) is 5. The fraction of sp³-hybridized carbons (Fsp3) is 0.667. The molecule has 0 aromatic carbocycles. The lowest BCUT2D eigenvalue weighted by atomic mass is 10.2. The van der Waals surface area contributed by atoms with Gasteiger partial charge in [-0.05, 0) is 13.8 Å². The zero-order chi connectivity index (χ0) is 15.5. The van der Waals surface area contributed by atoms with Crippen LogP contribution in [0.15, 0.2) is 15.1 Å². The molecule has 0 bridgehead atoms. The largest absolute Gasteiger partial charge is 0.360 e. The van der Waals surface area contributed by atoms with Gasteiger partial charge < -0.3 is 9.05 Å². The molecule has 1 aliphatic rings. The zero-order valence-electron chi connectivity index (χ0n) is 13.4. The second-order valence-electron chi connectivity index (χ2n) is 5.83. The van der Waals surface area contributed by atoms with Gasteiger partial charge in [-0.2, -0.15) is 4.98 Å². The van der Waals surface area contributed by atoms with E-state index in [0.29, 0.717) is 0 Å². The third kappa shape index (κ3) is 3.36. The third-order valence-corrected chi connectivity index (χ3v) is 4.17. The van der Waals surface area contributed by atoms with Gasteiger partial charge in [-0.25, -0.2) is 0 Å². The molecule has 7 nitrogen and oxygen atoms in total. The van der Waals surface area contributed by atoms with Gasteiger partial charge >= 0.3 is 0 Å². The first-order valence-electron chi connectivity index (χ1n) is 7.86. The van der Waals surface area contributed by atoms with Crippen molar-refractivity contribution < 1.29 is 9.05 Å². The highest BCUT2D eigenvalue weighted by atomic mass is 16.5. The Kier molecular flexibility index (Phi) is 4.54. The summed E-state index contributed by atoms with van der Waals surface area (Å²) < 4.78 is 10.6. The maximum absolute atomic E-state index is 5.36. The van der Waals surface area contributed by atoms with Crippen molar-refractivity contribution in [1.82, 2.24) is 25.1 Å². The number of rotatable bonds is 5. The number of hydrogen-bond donors (Lipinski definition) is 0. The van der Waals surface area contributed by atoms with Gasteiger partial charge in [-0.15, -0.1) is 0 Å². The van der Waals surface area contributed by atoms with E-state index in [1.807, 2.05) is 19.9 Å². The Balaban J connectivity index is 1.52. The highest BCUT2D eigenvalue weighted by Crippen LogP contribution is 2.21. The van der Waals surface area contributed by atoms with E-state index >= 15 is 0 Å². The average molecular weight is 305 g/mol. The molecule has 0 aliphatic carbocycles. The predicted octanol–water partition coefficient (Wildman–Crippen LogP) is 1.81. The van der Waals surface area contributed by atoms with Crippen LogP contribution in [0.3, 0.4) is 0 Å². The van der Waals surface area contributed by atoms with Crippen molar-refractivity contribution in [2.24, 2.45) is 0 Å². The molecule has 0 radical (unpaired) electrons. The number of aryl methyl sites for hydroxylation is 2. The Bertz CT molecular complexity index is 601. The van der Waals surface area contributed by atoms with Crippen LogP contribution in [0.2, 0.25) is 0 Å². The Morgan fingerprint density at radius 2 is 1.95 bits per heavy atom. The monoisotopic (exact) mass is 305 g/mol. The molecule has 2 aromatic rings. The molecule has 0 amide bonds. The highest BCUT2D eigenvalue weighted by molar-refractivity contribution is 5.03. The number of aromatic nitrogens is 3. The SMILES string of the molecule is CCc1noc(C(C)N2CCN(Cc3cc(C)no3)CC2)n1. The lowest BCUT2D eigenvalue weighted by Gasteiger charge is -2.36. The summed E-state index contributed by atoms with van der Waals surface area (Å²) in [7, 11) is 0. The highest BCUT2D eigenvalue weighted by Gasteiger charge is 2.26. The maximum Gasteiger partial charge on any atom is 0.243 e. The van der Waals surface area contributed by atoms with Crippen molar-refractivity contribution in [2.45, 2.75) is 39.8 Å². The summed E-state index contributed by atoms with van der Waals surface area (Å²) in [6, 6.07) is 2.17. The van der Waals surface area contributed by atoms with Gasteiger partial charge in [-0.3, -0.25) is 9.80 Å². The van der Waals surface area contributed by atoms with Crippen molar-refractivity contribution in [1.29, 1.82) is 0 Å². The molecule has 3 heterocycles. The minimum absolute atomic E-state index is 0.169. The standard InChI is InChI=1S/C15H23N5O2/c1-4-14-16-15(22-18-14)12(3)20-7-5-19(6-8-20)10-13-9-11(2)17-21-13/h9,12H,4-8,10H2,1-3H3. The van der Waals surface area contributed by atoms with Crippen molar-refractivity contribution >= 4 is 0 Å². The first-order valence-corrected chi connectivity index (χ1v) is 7.86. The summed E-state index contributed by atoms with van der Waals surface area (Å²) in [5.41, 5.74) is 0.936. The molecule has 1 atom stereocenters. The van der Waals surface area contributed by atoms with Gasteiger partial charge in [0.2, 0.25) is 5.89 Å². The lowest BCUT2D eigenvalue weighted by Crippen LogP contribution is -2.46. The molecular formula is C15H23N5O2. The van der Waals surface area contributed by atoms with E-state index in [4.69, 9.17) is 9.05 Å². The summed E-state index contributed by atoms with van der Waals surface area (Å²) in [6.07, 6.45) is 0.806. The van der Waals surface area contributed by atoms with E-state index in [-0.39, 0.29) is 6.04 Å². The quantitative estimate of drug-likeness (QED) is 0.834. The Labute approximate surface area is 130 Å². The minimum Gasteiger partial charge on any atom is -0.360 e. The van der Waals surface area contributed by atoms with Crippen LogP contribution < -0.4 is 0 Å². The van der Waals surface area contributed by atoms with Crippen LogP contribution in [0.25, 0.3) is 0 Å². The van der Waals surface area contributed by atoms with E-state index in [2.05, 4.69) is 32.0 Å². The maximum atomic E-state index is 5.36. The Morgan fingerprint density at radius 1 is 1.18 bits per heavy atom. The molecule has 1 unspecified atom stereocenters. The van der Waals surface area contributed by atoms with Crippen molar-refractivity contribution in [3.8, 4) is 0 Å². The molecule has 22 heavy (non-hydrogen) atoms. The normalized spacial score (nSPS) is 18.7. The van der Waals surface area contributed by atoms with E-state index in [1.165, 1.54) is 0 Å². The summed E-state index contributed by atoms with van der Waals surface area (Å²) in [5.74, 6) is 2.43. The molecule has 2 aromatic heterocycles. The van der Waals surface area contributed by atoms with Crippen LogP contribution in [0, 0.1) is 6.92 Å². The Morgan fingerprint density at radius 3 is 2.55 bits per heavy atom. The molecule has 1 saturated heterocycles. The topological polar surface area (TPSA) is 71.4 Å². The van der Waals surface area contributed by atoms with Crippen LogP contribution >= 0.6 is 0 Å². The summed E-state index contributed by atoms with van der Waals surface area (Å²) in [4.78, 5) is 9.20. The first-order chi connectivity index (χ1) is 10.7. The predicted molar refractivity (Wildman–Crippen MR) is 80.2 cm³/mol. The molecular weight excluding hydrogens is 282 g/mol. The van der Waals surface area contributed by atoms with Gasteiger partial charge in [0, 0.05) is 38.7 Å². The average Bonchev–Trinajstić information content (AvgIpc) is 3.16. The van der Waals surface area contributed by atoms with Crippen molar-refractivity contribution in [3.63, 3.8) is 0 Å². The summed E-state index contributed by atoms with van der Waals surface area (Å²) in [5, 5.41) is 7.92. The van der Waals surface area contributed by atoms with Crippen LogP contribution in [0.1, 0.15) is 43.1 Å². The van der Waals surface area contributed by atoms with Crippen LogP contribution in [0.5, 0.6) is 0 Å². The molecule has 3 rings (SSSR count). The molecule has 120 valence electrons. The smallest absolute Gasteiger partial charge is 0.243 e. The molecule has 1 fully saturated rings. The van der Waals surface area contributed by atoms with Gasteiger partial charge in [0.1, 0.15) is 0 Å². The minimum atomic E-state index is 0.169. The second-order valence-corrected chi connectivity index (χ2v) is 5.83. The number of hydrogen-bond acceptors (Lipinski definition) is 7. The van der Waals surface area contributed by atoms with Crippen LogP contribution in [-0.2, 0) is 13.0 Å². The van der Waals surface area contributed by atoms with Crippen LogP contribution in [-0.4, -0.2) is 51.3 Å². The number of piperazine rings is 1. The fourth-order valence-corrected chi connectivity index (χ4v) is 2.76. The van der Waals surface area contributed by atoms with E-state index in [9.17, 15) is 0 Å². The molecule has 7 heteroatoms. The molecule has 0 saturated carbocycles. The van der Waals surface area contributed by atoms with E-state index < -0.39 is 0 Å². The lowest BCUT2D eigenvalue weighted by molar-refractivity contribution is 0.0795. The van der Waals surface area contributed by atoms with Crippen molar-refractivity contribution in [2.75, 3.05) is 26.2 Å². The Hall–Kier alpha value is -1.73. The molecule has 0 spiro atoms. The molecule has 0 N–H and O–H groups in total. The van der Waals surface area contributed by atoms with E-state index in [0.717, 1.165) is 62.3 Å². The van der Waals surface area contributed by atoms with Gasteiger partial charge in [0.05, 0.1) is 18.3 Å². The first kappa shape index (κ1) is 15.2. The second kappa shape index (κ2) is 6.58. The summed E-state index contributed by atoms with van der Waals surface area (Å²) >= 11 is 0.